The Balaban J connectivity index is 2.45. The first-order chi connectivity index (χ1) is 6.22. The van der Waals surface area contributed by atoms with Gasteiger partial charge in [0.1, 0.15) is 0 Å². The Labute approximate surface area is 86.9 Å². The van der Waals surface area contributed by atoms with Gasteiger partial charge in [-0.2, -0.15) is 5.10 Å². The van der Waals surface area contributed by atoms with Crippen molar-refractivity contribution in [2.24, 2.45) is 5.10 Å². The van der Waals surface area contributed by atoms with Crippen LogP contribution in [0.4, 0.5) is 0 Å². The highest BCUT2D eigenvalue weighted by Gasteiger charge is 1.91. The van der Waals surface area contributed by atoms with E-state index in [1.807, 2.05) is 6.07 Å². The summed E-state index contributed by atoms with van der Waals surface area (Å²) < 4.78 is 0. The van der Waals surface area contributed by atoms with Crippen LogP contribution in [0.1, 0.15) is 9.75 Å². The van der Waals surface area contributed by atoms with Crippen molar-refractivity contribution in [3.63, 3.8) is 0 Å². The van der Waals surface area contributed by atoms with Crippen molar-refractivity contribution in [1.82, 2.24) is 10.7 Å². The first-order valence-corrected chi connectivity index (χ1v) is 5.02. The average Bonchev–Trinajstić information content (AvgIpc) is 2.51. The molecule has 1 heterocycles. The summed E-state index contributed by atoms with van der Waals surface area (Å²) in [6, 6.07) is 4.08. The predicted molar refractivity (Wildman–Crippen MR) is 61.4 cm³/mol. The van der Waals surface area contributed by atoms with Gasteiger partial charge in [-0.15, -0.1) is 11.3 Å². The Bertz CT molecular complexity index is 317. The van der Waals surface area contributed by atoms with Gasteiger partial charge in [0.2, 0.25) is 0 Å². The van der Waals surface area contributed by atoms with Crippen LogP contribution in [0, 0.1) is 6.92 Å². The lowest BCUT2D eigenvalue weighted by Gasteiger charge is -1.98. The Morgan fingerprint density at radius 2 is 2.38 bits per heavy atom. The van der Waals surface area contributed by atoms with E-state index < -0.39 is 0 Å². The zero-order chi connectivity index (χ0) is 9.68. The summed E-state index contributed by atoms with van der Waals surface area (Å²) in [5.74, 6) is 0. The van der Waals surface area contributed by atoms with Gasteiger partial charge in [-0.1, -0.05) is 0 Å². The van der Waals surface area contributed by atoms with Crippen LogP contribution >= 0.6 is 23.6 Å². The predicted octanol–water partition coefficient (Wildman–Crippen LogP) is 1.48. The summed E-state index contributed by atoms with van der Waals surface area (Å²) in [5, 5.41) is 7.24. The second-order valence-corrected chi connectivity index (χ2v) is 4.13. The number of nitrogens with one attached hydrogen (secondary N) is 2. The summed E-state index contributed by atoms with van der Waals surface area (Å²) >= 11 is 6.54. The van der Waals surface area contributed by atoms with Crippen molar-refractivity contribution in [3.8, 4) is 0 Å². The molecular weight excluding hydrogens is 202 g/mol. The third-order valence-corrected chi connectivity index (χ3v) is 2.58. The van der Waals surface area contributed by atoms with Crippen molar-refractivity contribution in [3.05, 3.63) is 21.9 Å². The molecular formula is C8H11N3S2. The van der Waals surface area contributed by atoms with Crippen molar-refractivity contribution in [1.29, 1.82) is 0 Å². The summed E-state index contributed by atoms with van der Waals surface area (Å²) in [4.78, 5) is 2.39. The van der Waals surface area contributed by atoms with Gasteiger partial charge in [0, 0.05) is 16.8 Å². The molecule has 13 heavy (non-hydrogen) atoms. The SMILES string of the molecule is CNC(=S)N/N=C\c1ccc(C)s1. The van der Waals surface area contributed by atoms with E-state index in [-0.39, 0.29) is 0 Å². The van der Waals surface area contributed by atoms with E-state index in [2.05, 4.69) is 28.8 Å². The number of aryl methyl sites for hydroxylation is 1. The van der Waals surface area contributed by atoms with Crippen LogP contribution in [-0.4, -0.2) is 18.4 Å². The number of thiocarbonyl (C=S) groups is 1. The molecule has 0 aliphatic carbocycles. The number of thiophene rings is 1. The van der Waals surface area contributed by atoms with Gasteiger partial charge in [0.05, 0.1) is 6.21 Å². The van der Waals surface area contributed by atoms with E-state index >= 15 is 0 Å². The molecule has 1 aromatic rings. The maximum Gasteiger partial charge on any atom is 0.186 e. The fraction of sp³-hybridized carbons (Fsp3) is 0.250. The van der Waals surface area contributed by atoms with E-state index in [0.29, 0.717) is 5.11 Å². The topological polar surface area (TPSA) is 36.4 Å². The fourth-order valence-electron chi connectivity index (χ4n) is 0.733. The van der Waals surface area contributed by atoms with Crippen LogP contribution in [0.15, 0.2) is 17.2 Å². The van der Waals surface area contributed by atoms with Crippen molar-refractivity contribution in [2.75, 3.05) is 7.05 Å². The van der Waals surface area contributed by atoms with Crippen LogP contribution < -0.4 is 10.7 Å². The first-order valence-electron chi connectivity index (χ1n) is 3.79. The van der Waals surface area contributed by atoms with Gasteiger partial charge in [0.25, 0.3) is 0 Å². The molecule has 0 bridgehead atoms. The number of hydrazone groups is 1. The van der Waals surface area contributed by atoms with Crippen molar-refractivity contribution in [2.45, 2.75) is 6.92 Å². The molecule has 1 aromatic heterocycles. The Morgan fingerprint density at radius 3 is 2.92 bits per heavy atom. The van der Waals surface area contributed by atoms with E-state index in [1.54, 1.807) is 24.6 Å². The van der Waals surface area contributed by atoms with Crippen LogP contribution in [0.3, 0.4) is 0 Å². The summed E-state index contributed by atoms with van der Waals surface area (Å²) in [6.45, 7) is 2.06. The van der Waals surface area contributed by atoms with E-state index in [9.17, 15) is 0 Å². The van der Waals surface area contributed by atoms with Gasteiger partial charge in [-0.3, -0.25) is 5.43 Å². The van der Waals surface area contributed by atoms with Gasteiger partial charge < -0.3 is 5.32 Å². The number of hydrogen-bond acceptors (Lipinski definition) is 3. The highest BCUT2D eigenvalue weighted by molar-refractivity contribution is 7.80. The molecule has 0 saturated heterocycles. The molecule has 1 rings (SSSR count). The summed E-state index contributed by atoms with van der Waals surface area (Å²) in [7, 11) is 1.75. The summed E-state index contributed by atoms with van der Waals surface area (Å²) in [6.07, 6.45) is 1.75. The summed E-state index contributed by atoms with van der Waals surface area (Å²) in [5.41, 5.74) is 2.69. The monoisotopic (exact) mass is 213 g/mol. The van der Waals surface area contributed by atoms with E-state index in [4.69, 9.17) is 12.2 Å². The van der Waals surface area contributed by atoms with Crippen LogP contribution in [0.25, 0.3) is 0 Å². The molecule has 0 unspecified atom stereocenters. The normalized spacial score (nSPS) is 10.3. The molecule has 0 saturated carbocycles. The quantitative estimate of drug-likeness (QED) is 0.444. The molecule has 0 radical (unpaired) electrons. The molecule has 0 aliphatic heterocycles. The Kier molecular flexibility index (Phi) is 3.85. The van der Waals surface area contributed by atoms with Crippen LogP contribution in [0.5, 0.6) is 0 Å². The maximum atomic E-state index is 4.84. The van der Waals surface area contributed by atoms with Crippen LogP contribution in [-0.2, 0) is 0 Å². The van der Waals surface area contributed by atoms with E-state index in [1.165, 1.54) is 4.88 Å². The zero-order valence-electron chi connectivity index (χ0n) is 7.50. The standard InChI is InChI=1S/C8H11N3S2/c1-6-3-4-7(13-6)5-10-11-8(12)9-2/h3-5H,1-2H3,(H2,9,11,12)/b10-5-. The minimum Gasteiger partial charge on any atom is -0.364 e. The first kappa shape index (κ1) is 10.1. The molecule has 0 fully saturated rings. The second kappa shape index (κ2) is 4.94. The van der Waals surface area contributed by atoms with E-state index in [0.717, 1.165) is 4.88 Å². The smallest absolute Gasteiger partial charge is 0.186 e. The molecule has 70 valence electrons. The zero-order valence-corrected chi connectivity index (χ0v) is 9.13. The number of hydrogen-bond donors (Lipinski definition) is 2. The third kappa shape index (κ3) is 3.52. The Hall–Kier alpha value is -0.940. The lowest BCUT2D eigenvalue weighted by atomic mass is 10.4. The van der Waals surface area contributed by atoms with Gasteiger partial charge in [-0.25, -0.2) is 0 Å². The number of nitrogens with zero attached hydrogens (tertiary/aromatic N) is 1. The van der Waals surface area contributed by atoms with Gasteiger partial charge >= 0.3 is 0 Å². The number of rotatable bonds is 2. The fourth-order valence-corrected chi connectivity index (χ4v) is 1.54. The van der Waals surface area contributed by atoms with Crippen molar-refractivity contribution >= 4 is 34.9 Å². The van der Waals surface area contributed by atoms with Crippen molar-refractivity contribution < 1.29 is 0 Å². The highest BCUT2D eigenvalue weighted by Crippen LogP contribution is 2.11. The minimum atomic E-state index is 0.518. The lowest BCUT2D eigenvalue weighted by Crippen LogP contribution is -2.28. The minimum absolute atomic E-state index is 0.518. The molecule has 5 heteroatoms. The van der Waals surface area contributed by atoms with Crippen LogP contribution in [0.2, 0.25) is 0 Å². The second-order valence-electron chi connectivity index (χ2n) is 2.40. The largest absolute Gasteiger partial charge is 0.364 e. The lowest BCUT2D eigenvalue weighted by molar-refractivity contribution is 0.982. The third-order valence-electron chi connectivity index (χ3n) is 1.35. The molecule has 0 spiro atoms. The highest BCUT2D eigenvalue weighted by atomic mass is 32.1. The van der Waals surface area contributed by atoms with Gasteiger partial charge in [-0.05, 0) is 31.3 Å². The molecule has 0 atom stereocenters. The molecule has 0 aromatic carbocycles. The molecule has 3 nitrogen and oxygen atoms in total. The Morgan fingerprint density at radius 1 is 1.62 bits per heavy atom. The maximum absolute atomic E-state index is 4.84. The molecule has 2 N–H and O–H groups in total. The molecule has 0 amide bonds. The molecule has 0 aliphatic rings. The average molecular weight is 213 g/mol. The van der Waals surface area contributed by atoms with Gasteiger partial charge in [0.15, 0.2) is 5.11 Å².